The van der Waals surface area contributed by atoms with Gasteiger partial charge >= 0.3 is 0 Å². The zero-order valence-electron chi connectivity index (χ0n) is 16.3. The van der Waals surface area contributed by atoms with Gasteiger partial charge in [-0.1, -0.05) is 30.3 Å². The Balaban J connectivity index is 1.65. The third-order valence-electron chi connectivity index (χ3n) is 4.52. The molecule has 2 aromatic heterocycles. The molecule has 2 heterocycles. The standard InChI is InChI=1S/C23H18N4O4/c28-22(24-15-21-10-5-13-31-21)12-11-18-16-26(19-7-2-1-3-8-19)25-23(18)17-6-4-9-20(14-17)27(29)30/h1-14,16H,15H2,(H,24,28). The van der Waals surface area contributed by atoms with Crippen LogP contribution in [0.3, 0.4) is 0 Å². The van der Waals surface area contributed by atoms with E-state index in [-0.39, 0.29) is 18.1 Å². The highest BCUT2D eigenvalue weighted by atomic mass is 16.6. The van der Waals surface area contributed by atoms with E-state index in [4.69, 9.17) is 4.42 Å². The fraction of sp³-hybridized carbons (Fsp3) is 0.0435. The van der Waals surface area contributed by atoms with E-state index in [2.05, 4.69) is 10.4 Å². The van der Waals surface area contributed by atoms with Gasteiger partial charge in [-0.05, 0) is 30.3 Å². The SMILES string of the molecule is O=C(C=Cc1cn(-c2ccccc2)nc1-c1cccc([N+](=O)[O-])c1)NCc1ccco1. The molecule has 0 radical (unpaired) electrons. The maximum absolute atomic E-state index is 12.2. The molecule has 8 heteroatoms. The molecule has 0 unspecified atom stereocenters. The Labute approximate surface area is 177 Å². The molecular weight excluding hydrogens is 396 g/mol. The number of furan rings is 1. The summed E-state index contributed by atoms with van der Waals surface area (Å²) in [5, 5.41) is 18.5. The van der Waals surface area contributed by atoms with Crippen molar-refractivity contribution in [2.45, 2.75) is 6.54 Å². The number of benzene rings is 2. The van der Waals surface area contributed by atoms with Gasteiger partial charge in [-0.2, -0.15) is 5.10 Å². The second-order valence-electron chi connectivity index (χ2n) is 6.65. The van der Waals surface area contributed by atoms with Crippen molar-refractivity contribution in [1.82, 2.24) is 15.1 Å². The van der Waals surface area contributed by atoms with Crippen LogP contribution >= 0.6 is 0 Å². The highest BCUT2D eigenvalue weighted by Crippen LogP contribution is 2.27. The molecule has 0 saturated heterocycles. The molecular formula is C23H18N4O4. The number of carbonyl (C=O) groups excluding carboxylic acids is 1. The van der Waals surface area contributed by atoms with E-state index in [0.29, 0.717) is 22.6 Å². The predicted octanol–water partition coefficient (Wildman–Crippen LogP) is 4.37. The Hall–Kier alpha value is -4.46. The van der Waals surface area contributed by atoms with Crippen LogP contribution in [0.2, 0.25) is 0 Å². The van der Waals surface area contributed by atoms with Crippen molar-refractivity contribution in [2.24, 2.45) is 0 Å². The lowest BCUT2D eigenvalue weighted by molar-refractivity contribution is -0.384. The molecule has 0 bridgehead atoms. The van der Waals surface area contributed by atoms with Crippen molar-refractivity contribution >= 4 is 17.7 Å². The molecule has 0 aliphatic rings. The maximum Gasteiger partial charge on any atom is 0.270 e. The normalized spacial score (nSPS) is 11.0. The van der Waals surface area contributed by atoms with Crippen LogP contribution in [0.25, 0.3) is 23.0 Å². The van der Waals surface area contributed by atoms with E-state index in [1.165, 1.54) is 18.2 Å². The summed E-state index contributed by atoms with van der Waals surface area (Å²) in [6.45, 7) is 0.275. The number of carbonyl (C=O) groups is 1. The van der Waals surface area contributed by atoms with Crippen LogP contribution < -0.4 is 5.32 Å². The summed E-state index contributed by atoms with van der Waals surface area (Å²) in [7, 11) is 0. The molecule has 0 spiro atoms. The highest BCUT2D eigenvalue weighted by molar-refractivity contribution is 5.92. The summed E-state index contributed by atoms with van der Waals surface area (Å²) >= 11 is 0. The lowest BCUT2D eigenvalue weighted by Crippen LogP contribution is -2.19. The number of hydrogen-bond acceptors (Lipinski definition) is 5. The number of para-hydroxylation sites is 1. The van der Waals surface area contributed by atoms with Gasteiger partial charge in [0.1, 0.15) is 11.5 Å². The van der Waals surface area contributed by atoms with Crippen LogP contribution in [0.1, 0.15) is 11.3 Å². The number of non-ortho nitro benzene ring substituents is 1. The molecule has 8 nitrogen and oxygen atoms in total. The molecule has 0 atom stereocenters. The van der Waals surface area contributed by atoms with Gasteiger partial charge in [0.05, 0.1) is 23.4 Å². The first-order chi connectivity index (χ1) is 15.1. The van der Waals surface area contributed by atoms with Gasteiger partial charge in [0.15, 0.2) is 0 Å². The predicted molar refractivity (Wildman–Crippen MR) is 115 cm³/mol. The number of nitro groups is 1. The lowest BCUT2D eigenvalue weighted by Gasteiger charge is -2.01. The van der Waals surface area contributed by atoms with Crippen molar-refractivity contribution in [3.63, 3.8) is 0 Å². The van der Waals surface area contributed by atoms with Crippen LogP contribution in [0.15, 0.2) is 89.7 Å². The van der Waals surface area contributed by atoms with Gasteiger partial charge in [-0.25, -0.2) is 4.68 Å². The molecule has 31 heavy (non-hydrogen) atoms. The molecule has 4 rings (SSSR count). The average molecular weight is 414 g/mol. The minimum atomic E-state index is -0.449. The largest absolute Gasteiger partial charge is 0.467 e. The van der Waals surface area contributed by atoms with Gasteiger partial charge < -0.3 is 9.73 Å². The van der Waals surface area contributed by atoms with Gasteiger partial charge in [0.2, 0.25) is 5.91 Å². The molecule has 0 fully saturated rings. The van der Waals surface area contributed by atoms with E-state index in [1.54, 1.807) is 47.5 Å². The zero-order valence-corrected chi connectivity index (χ0v) is 16.3. The first-order valence-corrected chi connectivity index (χ1v) is 9.48. The molecule has 0 saturated carbocycles. The quantitative estimate of drug-likeness (QED) is 0.275. The van der Waals surface area contributed by atoms with Crippen LogP contribution in [0, 0.1) is 10.1 Å². The smallest absolute Gasteiger partial charge is 0.270 e. The van der Waals surface area contributed by atoms with E-state index >= 15 is 0 Å². The van der Waals surface area contributed by atoms with Crippen LogP contribution in [0.5, 0.6) is 0 Å². The molecule has 0 aliphatic heterocycles. The van der Waals surface area contributed by atoms with E-state index in [9.17, 15) is 14.9 Å². The summed E-state index contributed by atoms with van der Waals surface area (Å²) in [5.74, 6) is 0.352. The second-order valence-corrected chi connectivity index (χ2v) is 6.65. The maximum atomic E-state index is 12.2. The number of aromatic nitrogens is 2. The van der Waals surface area contributed by atoms with Crippen LogP contribution in [0.4, 0.5) is 5.69 Å². The summed E-state index contributed by atoms with van der Waals surface area (Å²) in [5.41, 5.74) is 2.56. The fourth-order valence-electron chi connectivity index (χ4n) is 3.03. The number of nitrogens with one attached hydrogen (secondary N) is 1. The van der Waals surface area contributed by atoms with Crippen molar-refractivity contribution in [3.8, 4) is 16.9 Å². The Morgan fingerprint density at radius 2 is 1.97 bits per heavy atom. The van der Waals surface area contributed by atoms with Gasteiger partial charge in [0, 0.05) is 35.5 Å². The third kappa shape index (κ3) is 4.76. The number of nitrogens with zero attached hydrogens (tertiary/aromatic N) is 3. The number of hydrogen-bond donors (Lipinski definition) is 1. The van der Waals surface area contributed by atoms with E-state index < -0.39 is 4.92 Å². The molecule has 1 amide bonds. The number of nitro benzene ring substituents is 1. The van der Waals surface area contributed by atoms with Crippen molar-refractivity contribution in [3.05, 3.63) is 107 Å². The van der Waals surface area contributed by atoms with Crippen molar-refractivity contribution in [2.75, 3.05) is 0 Å². The van der Waals surface area contributed by atoms with Crippen LogP contribution in [-0.4, -0.2) is 20.6 Å². The zero-order chi connectivity index (χ0) is 21.6. The molecule has 154 valence electrons. The molecule has 1 N–H and O–H groups in total. The molecule has 4 aromatic rings. The Morgan fingerprint density at radius 1 is 1.13 bits per heavy atom. The minimum Gasteiger partial charge on any atom is -0.467 e. The highest BCUT2D eigenvalue weighted by Gasteiger charge is 2.14. The van der Waals surface area contributed by atoms with Crippen LogP contribution in [-0.2, 0) is 11.3 Å². The minimum absolute atomic E-state index is 0.0297. The van der Waals surface area contributed by atoms with Crippen molar-refractivity contribution in [1.29, 1.82) is 0 Å². The van der Waals surface area contributed by atoms with E-state index in [1.807, 2.05) is 30.3 Å². The fourth-order valence-corrected chi connectivity index (χ4v) is 3.03. The first kappa shape index (κ1) is 19.8. The second kappa shape index (κ2) is 8.91. The Morgan fingerprint density at radius 3 is 2.71 bits per heavy atom. The Bertz CT molecular complexity index is 1230. The number of amides is 1. The summed E-state index contributed by atoms with van der Waals surface area (Å²) < 4.78 is 6.87. The van der Waals surface area contributed by atoms with Gasteiger partial charge in [-0.15, -0.1) is 0 Å². The topological polar surface area (TPSA) is 103 Å². The average Bonchev–Trinajstić information content (AvgIpc) is 3.47. The molecule has 0 aliphatic carbocycles. The summed E-state index contributed by atoms with van der Waals surface area (Å²) in [6, 6.07) is 19.2. The lowest BCUT2D eigenvalue weighted by atomic mass is 10.1. The van der Waals surface area contributed by atoms with E-state index in [0.717, 1.165) is 5.69 Å². The monoisotopic (exact) mass is 414 g/mol. The van der Waals surface area contributed by atoms with Gasteiger partial charge in [0.25, 0.3) is 5.69 Å². The third-order valence-corrected chi connectivity index (χ3v) is 4.52. The molecule has 2 aromatic carbocycles. The summed E-state index contributed by atoms with van der Waals surface area (Å²) in [4.78, 5) is 23.0. The first-order valence-electron chi connectivity index (χ1n) is 9.48. The Kier molecular flexibility index (Phi) is 5.70. The van der Waals surface area contributed by atoms with Gasteiger partial charge in [-0.3, -0.25) is 14.9 Å². The number of rotatable bonds is 7. The van der Waals surface area contributed by atoms with Crippen molar-refractivity contribution < 1.29 is 14.1 Å². The summed E-state index contributed by atoms with van der Waals surface area (Å²) in [6.07, 6.45) is 6.36.